The van der Waals surface area contributed by atoms with Gasteiger partial charge in [0, 0.05) is 24.4 Å². The minimum Gasteiger partial charge on any atom is -0.442 e. The van der Waals surface area contributed by atoms with E-state index in [1.165, 1.54) is 17.9 Å². The number of benzene rings is 2. The van der Waals surface area contributed by atoms with Gasteiger partial charge in [0.15, 0.2) is 0 Å². The quantitative estimate of drug-likeness (QED) is 0.481. The summed E-state index contributed by atoms with van der Waals surface area (Å²) < 4.78 is 20.1. The van der Waals surface area contributed by atoms with Crippen LogP contribution in [0.4, 0.5) is 25.4 Å². The summed E-state index contributed by atoms with van der Waals surface area (Å²) >= 11 is 0. The molecule has 3 aromatic rings. The Balaban J connectivity index is 1.36. The van der Waals surface area contributed by atoms with Gasteiger partial charge in [0.25, 0.3) is 0 Å². The molecular weight excluding hydrogens is 453 g/mol. The van der Waals surface area contributed by atoms with Crippen molar-refractivity contribution in [1.29, 1.82) is 0 Å². The number of nitrogens with zero attached hydrogens (tertiary/aromatic N) is 2. The number of amides is 4. The highest BCUT2D eigenvalue weighted by Gasteiger charge is 2.32. The molecule has 0 radical (unpaired) electrons. The number of aromatic nitrogens is 1. The fraction of sp³-hybridized carbons (Fsp3) is 0.200. The van der Waals surface area contributed by atoms with E-state index in [1.54, 1.807) is 48.7 Å². The molecule has 4 rings (SSSR count). The predicted octanol–water partition coefficient (Wildman–Crippen LogP) is 3.67. The van der Waals surface area contributed by atoms with E-state index in [1.807, 2.05) is 12.1 Å². The molecule has 0 spiro atoms. The molecule has 0 bridgehead atoms. The van der Waals surface area contributed by atoms with Crippen LogP contribution in [0.15, 0.2) is 66.9 Å². The maximum atomic E-state index is 14.9. The largest absolute Gasteiger partial charge is 0.442 e. The van der Waals surface area contributed by atoms with Gasteiger partial charge in [0.2, 0.25) is 5.91 Å². The van der Waals surface area contributed by atoms with Crippen molar-refractivity contribution in [2.75, 3.05) is 23.3 Å². The van der Waals surface area contributed by atoms with E-state index < -0.39 is 18.0 Å². The van der Waals surface area contributed by atoms with E-state index in [0.29, 0.717) is 29.0 Å². The van der Waals surface area contributed by atoms with Crippen molar-refractivity contribution < 1.29 is 23.5 Å². The summed E-state index contributed by atoms with van der Waals surface area (Å²) in [7, 11) is 0. The smallest absolute Gasteiger partial charge is 0.414 e. The molecule has 1 aliphatic rings. The van der Waals surface area contributed by atoms with Gasteiger partial charge in [-0.1, -0.05) is 18.2 Å². The standard InChI is InChI=1S/C25H24FN5O4/c1-16(32)28-14-21-15-31(25(34)35-21)20-9-10-22(23(26)12-20)17-5-7-18(8-6-17)30-24(33)29-13-19-4-2-3-11-27-19/h2-12,21H,13-15H2,1H3,(H,28,32)(H2,29,30,33)/t21-/m0/s1. The van der Waals surface area contributed by atoms with E-state index in [2.05, 4.69) is 20.9 Å². The number of carbonyl (C=O) groups excluding carboxylic acids is 3. The lowest BCUT2D eigenvalue weighted by atomic mass is 10.0. The third-order valence-corrected chi connectivity index (χ3v) is 5.33. The fourth-order valence-corrected chi connectivity index (χ4v) is 3.58. The van der Waals surface area contributed by atoms with Crippen LogP contribution >= 0.6 is 0 Å². The van der Waals surface area contributed by atoms with E-state index in [4.69, 9.17) is 4.74 Å². The lowest BCUT2D eigenvalue weighted by Crippen LogP contribution is -2.33. The van der Waals surface area contributed by atoms with Crippen LogP contribution in [-0.2, 0) is 16.1 Å². The van der Waals surface area contributed by atoms with Crippen molar-refractivity contribution in [2.45, 2.75) is 19.6 Å². The minimum absolute atomic E-state index is 0.194. The number of halogens is 1. The number of urea groups is 1. The molecule has 35 heavy (non-hydrogen) atoms. The van der Waals surface area contributed by atoms with Gasteiger partial charge in [0.05, 0.1) is 31.0 Å². The van der Waals surface area contributed by atoms with E-state index in [9.17, 15) is 18.8 Å². The molecule has 0 saturated carbocycles. The zero-order valence-corrected chi connectivity index (χ0v) is 19.0. The molecule has 180 valence electrons. The Kier molecular flexibility index (Phi) is 7.20. The van der Waals surface area contributed by atoms with E-state index >= 15 is 0 Å². The first kappa shape index (κ1) is 23.7. The molecule has 0 aliphatic carbocycles. The monoisotopic (exact) mass is 477 g/mol. The zero-order valence-electron chi connectivity index (χ0n) is 19.0. The molecular formula is C25H24FN5O4. The summed E-state index contributed by atoms with van der Waals surface area (Å²) in [6.45, 7) is 2.07. The zero-order chi connectivity index (χ0) is 24.8. The lowest BCUT2D eigenvalue weighted by Gasteiger charge is -2.15. The average molecular weight is 477 g/mol. The molecule has 3 N–H and O–H groups in total. The van der Waals surface area contributed by atoms with Gasteiger partial charge in [0.1, 0.15) is 11.9 Å². The van der Waals surface area contributed by atoms with Crippen LogP contribution in [0.1, 0.15) is 12.6 Å². The van der Waals surface area contributed by atoms with Gasteiger partial charge in [-0.05, 0) is 48.0 Å². The molecule has 1 atom stereocenters. The molecule has 1 saturated heterocycles. The van der Waals surface area contributed by atoms with Crippen LogP contribution in [0, 0.1) is 5.82 Å². The maximum Gasteiger partial charge on any atom is 0.414 e. The van der Waals surface area contributed by atoms with Crippen LogP contribution < -0.4 is 20.9 Å². The summed E-state index contributed by atoms with van der Waals surface area (Å²) in [5.74, 6) is -0.726. The molecule has 1 fully saturated rings. The van der Waals surface area contributed by atoms with Crippen molar-refractivity contribution in [3.8, 4) is 11.1 Å². The lowest BCUT2D eigenvalue weighted by molar-refractivity contribution is -0.119. The average Bonchev–Trinajstić information content (AvgIpc) is 3.23. The second-order valence-electron chi connectivity index (χ2n) is 7.92. The molecule has 10 heteroatoms. The first-order valence-electron chi connectivity index (χ1n) is 11.0. The Hall–Kier alpha value is -4.47. The first-order chi connectivity index (χ1) is 16.9. The highest BCUT2D eigenvalue weighted by Crippen LogP contribution is 2.29. The van der Waals surface area contributed by atoms with Crippen LogP contribution in [-0.4, -0.2) is 42.2 Å². The van der Waals surface area contributed by atoms with Crippen molar-refractivity contribution in [3.05, 3.63) is 78.4 Å². The Morgan fingerprint density at radius 2 is 1.91 bits per heavy atom. The summed E-state index contributed by atoms with van der Waals surface area (Å²) in [6, 6.07) is 16.3. The van der Waals surface area contributed by atoms with Crippen LogP contribution in [0.2, 0.25) is 0 Å². The van der Waals surface area contributed by atoms with Gasteiger partial charge in [-0.15, -0.1) is 0 Å². The highest BCUT2D eigenvalue weighted by molar-refractivity contribution is 5.91. The van der Waals surface area contributed by atoms with Crippen molar-refractivity contribution in [2.24, 2.45) is 0 Å². The normalized spacial score (nSPS) is 14.9. The number of cyclic esters (lactones) is 1. The van der Waals surface area contributed by atoms with Crippen molar-refractivity contribution in [1.82, 2.24) is 15.6 Å². The van der Waals surface area contributed by atoms with E-state index in [0.717, 1.165) is 5.69 Å². The molecule has 1 aliphatic heterocycles. The number of hydrogen-bond acceptors (Lipinski definition) is 5. The number of nitrogens with one attached hydrogen (secondary N) is 3. The number of rotatable bonds is 7. The second-order valence-corrected chi connectivity index (χ2v) is 7.92. The summed E-state index contributed by atoms with van der Waals surface area (Å²) in [5.41, 5.74) is 2.62. The molecule has 2 heterocycles. The van der Waals surface area contributed by atoms with Gasteiger partial charge in [-0.3, -0.25) is 14.7 Å². The van der Waals surface area contributed by atoms with Crippen LogP contribution in [0.25, 0.3) is 11.1 Å². The first-order valence-corrected chi connectivity index (χ1v) is 11.0. The third kappa shape index (κ3) is 6.11. The number of anilines is 2. The summed E-state index contributed by atoms with van der Waals surface area (Å²) in [4.78, 5) is 40.8. The number of carbonyl (C=O) groups is 3. The Bertz CT molecular complexity index is 1220. The number of hydrogen-bond donors (Lipinski definition) is 3. The molecule has 4 amide bonds. The van der Waals surface area contributed by atoms with Crippen LogP contribution in [0.3, 0.4) is 0 Å². The Morgan fingerprint density at radius 1 is 1.11 bits per heavy atom. The Morgan fingerprint density at radius 3 is 2.60 bits per heavy atom. The molecule has 2 aromatic carbocycles. The maximum absolute atomic E-state index is 14.9. The van der Waals surface area contributed by atoms with Gasteiger partial charge < -0.3 is 20.7 Å². The van der Waals surface area contributed by atoms with E-state index in [-0.39, 0.29) is 25.0 Å². The third-order valence-electron chi connectivity index (χ3n) is 5.33. The minimum atomic E-state index is -0.593. The van der Waals surface area contributed by atoms with Crippen molar-refractivity contribution in [3.63, 3.8) is 0 Å². The fourth-order valence-electron chi connectivity index (χ4n) is 3.58. The summed E-state index contributed by atoms with van der Waals surface area (Å²) in [6.07, 6.45) is 0.556. The van der Waals surface area contributed by atoms with Crippen LogP contribution in [0.5, 0.6) is 0 Å². The van der Waals surface area contributed by atoms with Gasteiger partial charge in [-0.2, -0.15) is 0 Å². The molecule has 0 unspecified atom stereocenters. The highest BCUT2D eigenvalue weighted by atomic mass is 19.1. The summed E-state index contributed by atoms with van der Waals surface area (Å²) in [5, 5.41) is 8.05. The topological polar surface area (TPSA) is 113 Å². The molecule has 9 nitrogen and oxygen atoms in total. The van der Waals surface area contributed by atoms with Gasteiger partial charge >= 0.3 is 12.1 Å². The second kappa shape index (κ2) is 10.6. The molecule has 1 aromatic heterocycles. The Labute approximate surface area is 201 Å². The van der Waals surface area contributed by atoms with Gasteiger partial charge in [-0.25, -0.2) is 14.0 Å². The predicted molar refractivity (Wildman–Crippen MR) is 128 cm³/mol. The number of pyridine rings is 1. The SMILES string of the molecule is CC(=O)NC[C@H]1CN(c2ccc(-c3ccc(NC(=O)NCc4ccccn4)cc3)c(F)c2)C(=O)O1. The van der Waals surface area contributed by atoms with Crippen molar-refractivity contribution >= 4 is 29.4 Å². The number of ether oxygens (including phenoxy) is 1.